The summed E-state index contributed by atoms with van der Waals surface area (Å²) >= 11 is 0. The Morgan fingerprint density at radius 3 is 2.16 bits per heavy atom. The highest BCUT2D eigenvalue weighted by Crippen LogP contribution is 2.10. The van der Waals surface area contributed by atoms with Crippen LogP contribution in [0.4, 0.5) is 8.78 Å². The van der Waals surface area contributed by atoms with Crippen LogP contribution in [0.2, 0.25) is 0 Å². The molecule has 7 heteroatoms. The molecule has 0 heterocycles. The van der Waals surface area contributed by atoms with Gasteiger partial charge in [0, 0.05) is 20.1 Å². The molecular weight excluding hydrogens is 439 g/mol. The standard InChI is InChI=1S/C18H21F2N3O.HI/c1-21-18(23-13-14-3-5-15(19)6-4-14)22-11-2-12-24-17-9-7-16(20)8-10-17;/h3-10H,2,11-13H2,1H3,(H2,21,22,23);1H. The molecule has 0 atom stereocenters. The van der Waals surface area contributed by atoms with Crippen LogP contribution in [-0.2, 0) is 6.54 Å². The van der Waals surface area contributed by atoms with Crippen LogP contribution in [0.15, 0.2) is 53.5 Å². The number of benzene rings is 2. The van der Waals surface area contributed by atoms with E-state index in [-0.39, 0.29) is 35.6 Å². The van der Waals surface area contributed by atoms with Crippen molar-refractivity contribution in [2.75, 3.05) is 20.2 Å². The summed E-state index contributed by atoms with van der Waals surface area (Å²) in [7, 11) is 1.69. The molecule has 25 heavy (non-hydrogen) atoms. The monoisotopic (exact) mass is 461 g/mol. The molecule has 0 aromatic heterocycles. The van der Waals surface area contributed by atoms with E-state index in [1.165, 1.54) is 24.3 Å². The Kier molecular flexibility index (Phi) is 9.83. The second-order valence-corrected chi connectivity index (χ2v) is 5.13. The lowest BCUT2D eigenvalue weighted by Crippen LogP contribution is -2.37. The number of ether oxygens (including phenoxy) is 1. The number of halogens is 3. The molecule has 0 aliphatic heterocycles. The van der Waals surface area contributed by atoms with Crippen LogP contribution < -0.4 is 15.4 Å². The van der Waals surface area contributed by atoms with Crippen LogP contribution in [-0.4, -0.2) is 26.2 Å². The Balaban J connectivity index is 0.00000312. The van der Waals surface area contributed by atoms with Gasteiger partial charge < -0.3 is 15.4 Å². The number of guanidine groups is 1. The first-order valence-corrected chi connectivity index (χ1v) is 7.74. The first kappa shape index (κ1) is 21.1. The molecule has 0 saturated heterocycles. The van der Waals surface area contributed by atoms with Gasteiger partial charge in [-0.1, -0.05) is 12.1 Å². The molecule has 0 aliphatic rings. The van der Waals surface area contributed by atoms with Crippen LogP contribution in [0.1, 0.15) is 12.0 Å². The van der Waals surface area contributed by atoms with Crippen molar-refractivity contribution in [1.29, 1.82) is 0 Å². The number of nitrogens with zero attached hydrogens (tertiary/aromatic N) is 1. The summed E-state index contributed by atoms with van der Waals surface area (Å²) in [6, 6.07) is 12.3. The van der Waals surface area contributed by atoms with Gasteiger partial charge in [0.2, 0.25) is 0 Å². The van der Waals surface area contributed by atoms with Crippen molar-refractivity contribution in [2.24, 2.45) is 4.99 Å². The third-order valence-corrected chi connectivity index (χ3v) is 3.29. The Bertz CT molecular complexity index is 648. The second kappa shape index (κ2) is 11.6. The Labute approximate surface area is 163 Å². The number of rotatable bonds is 7. The molecule has 0 bridgehead atoms. The van der Waals surface area contributed by atoms with Gasteiger partial charge in [0.05, 0.1) is 6.61 Å². The van der Waals surface area contributed by atoms with E-state index < -0.39 is 0 Å². The third-order valence-electron chi connectivity index (χ3n) is 3.29. The van der Waals surface area contributed by atoms with Crippen molar-refractivity contribution in [1.82, 2.24) is 10.6 Å². The number of hydrogen-bond acceptors (Lipinski definition) is 2. The number of aliphatic imine (C=N–C) groups is 1. The molecule has 2 rings (SSSR count). The average Bonchev–Trinajstić information content (AvgIpc) is 2.60. The maximum absolute atomic E-state index is 12.8. The zero-order chi connectivity index (χ0) is 17.2. The van der Waals surface area contributed by atoms with Gasteiger partial charge in [0.15, 0.2) is 5.96 Å². The van der Waals surface area contributed by atoms with Crippen LogP contribution >= 0.6 is 24.0 Å². The van der Waals surface area contributed by atoms with Gasteiger partial charge in [-0.2, -0.15) is 0 Å². The van der Waals surface area contributed by atoms with Gasteiger partial charge >= 0.3 is 0 Å². The topological polar surface area (TPSA) is 45.7 Å². The minimum Gasteiger partial charge on any atom is -0.494 e. The lowest BCUT2D eigenvalue weighted by Gasteiger charge is -2.12. The minimum atomic E-state index is -0.278. The smallest absolute Gasteiger partial charge is 0.191 e. The maximum Gasteiger partial charge on any atom is 0.191 e. The summed E-state index contributed by atoms with van der Waals surface area (Å²) in [5, 5.41) is 6.33. The van der Waals surface area contributed by atoms with Crippen molar-refractivity contribution in [2.45, 2.75) is 13.0 Å². The van der Waals surface area contributed by atoms with E-state index in [0.29, 0.717) is 31.4 Å². The molecule has 2 aromatic rings. The van der Waals surface area contributed by atoms with E-state index in [0.717, 1.165) is 12.0 Å². The maximum atomic E-state index is 12.8. The van der Waals surface area contributed by atoms with Crippen molar-refractivity contribution < 1.29 is 13.5 Å². The Morgan fingerprint density at radius 2 is 1.56 bits per heavy atom. The fourth-order valence-corrected chi connectivity index (χ4v) is 2.01. The van der Waals surface area contributed by atoms with Gasteiger partial charge in [-0.3, -0.25) is 4.99 Å². The fourth-order valence-electron chi connectivity index (χ4n) is 2.01. The highest BCUT2D eigenvalue weighted by atomic mass is 127. The summed E-state index contributed by atoms with van der Waals surface area (Å²) in [5.74, 6) is 0.791. The lowest BCUT2D eigenvalue weighted by atomic mass is 10.2. The van der Waals surface area contributed by atoms with Crippen LogP contribution in [0.25, 0.3) is 0 Å². The average molecular weight is 461 g/mol. The molecular formula is C18H22F2IN3O. The molecule has 0 unspecified atom stereocenters. The molecule has 0 radical (unpaired) electrons. The third kappa shape index (κ3) is 8.15. The lowest BCUT2D eigenvalue weighted by molar-refractivity contribution is 0.310. The number of hydrogen-bond donors (Lipinski definition) is 2. The summed E-state index contributed by atoms with van der Waals surface area (Å²) in [4.78, 5) is 4.12. The summed E-state index contributed by atoms with van der Waals surface area (Å²) in [6.07, 6.45) is 0.772. The molecule has 4 nitrogen and oxygen atoms in total. The zero-order valence-corrected chi connectivity index (χ0v) is 16.3. The second-order valence-electron chi connectivity index (χ2n) is 5.13. The molecule has 0 saturated carbocycles. The van der Waals surface area contributed by atoms with E-state index >= 15 is 0 Å². The van der Waals surface area contributed by atoms with E-state index in [1.807, 2.05) is 0 Å². The first-order valence-electron chi connectivity index (χ1n) is 7.74. The van der Waals surface area contributed by atoms with E-state index in [9.17, 15) is 8.78 Å². The fraction of sp³-hybridized carbons (Fsp3) is 0.278. The predicted molar refractivity (Wildman–Crippen MR) is 107 cm³/mol. The summed E-state index contributed by atoms with van der Waals surface area (Å²) < 4.78 is 31.1. The van der Waals surface area contributed by atoms with Gasteiger partial charge in [-0.05, 0) is 48.4 Å². The molecule has 0 amide bonds. The molecule has 136 valence electrons. The molecule has 0 fully saturated rings. The van der Waals surface area contributed by atoms with Crippen molar-refractivity contribution in [3.8, 4) is 5.75 Å². The molecule has 2 N–H and O–H groups in total. The minimum absolute atomic E-state index is 0. The van der Waals surface area contributed by atoms with Gasteiger partial charge in [-0.15, -0.1) is 24.0 Å². The SMILES string of the molecule is CN=C(NCCCOc1ccc(F)cc1)NCc1ccc(F)cc1.I. The van der Waals surface area contributed by atoms with Crippen LogP contribution in [0, 0.1) is 11.6 Å². The number of nitrogens with one attached hydrogen (secondary N) is 2. The predicted octanol–water partition coefficient (Wildman–Crippen LogP) is 3.72. The largest absolute Gasteiger partial charge is 0.494 e. The van der Waals surface area contributed by atoms with Crippen LogP contribution in [0.3, 0.4) is 0 Å². The molecule has 2 aromatic carbocycles. The highest BCUT2D eigenvalue weighted by molar-refractivity contribution is 14.0. The first-order chi connectivity index (χ1) is 11.7. The van der Waals surface area contributed by atoms with E-state index in [4.69, 9.17) is 4.74 Å². The zero-order valence-electron chi connectivity index (χ0n) is 14.0. The van der Waals surface area contributed by atoms with Gasteiger partial charge in [-0.25, -0.2) is 8.78 Å². The summed E-state index contributed by atoms with van der Waals surface area (Å²) in [5.41, 5.74) is 0.971. The van der Waals surface area contributed by atoms with E-state index in [1.54, 1.807) is 31.3 Å². The van der Waals surface area contributed by atoms with Gasteiger partial charge in [0.1, 0.15) is 17.4 Å². The molecule has 0 spiro atoms. The Morgan fingerprint density at radius 1 is 0.960 bits per heavy atom. The van der Waals surface area contributed by atoms with Crippen molar-refractivity contribution in [3.63, 3.8) is 0 Å². The molecule has 0 aliphatic carbocycles. The van der Waals surface area contributed by atoms with Crippen molar-refractivity contribution >= 4 is 29.9 Å². The highest BCUT2D eigenvalue weighted by Gasteiger charge is 1.99. The Hall–Kier alpha value is -1.90. The normalized spacial score (nSPS) is 10.8. The van der Waals surface area contributed by atoms with E-state index in [2.05, 4.69) is 15.6 Å². The van der Waals surface area contributed by atoms with Crippen LogP contribution in [0.5, 0.6) is 5.75 Å². The van der Waals surface area contributed by atoms with Crippen molar-refractivity contribution in [3.05, 3.63) is 65.7 Å². The quantitative estimate of drug-likeness (QED) is 0.286. The summed E-state index contributed by atoms with van der Waals surface area (Å²) in [6.45, 7) is 1.77. The van der Waals surface area contributed by atoms with Gasteiger partial charge in [0.25, 0.3) is 0 Å².